The molecule has 0 aliphatic carbocycles. The van der Waals surface area contributed by atoms with Crippen molar-refractivity contribution in [2.45, 2.75) is 9.79 Å². The topological polar surface area (TPSA) is 38.4 Å². The molecule has 0 bridgehead atoms. The highest BCUT2D eigenvalue weighted by Crippen LogP contribution is 2.29. The average Bonchev–Trinajstić information content (AvgIpc) is 2.33. The molecule has 0 amide bonds. The fraction of sp³-hybridized carbons (Fsp3) is 0. The van der Waals surface area contributed by atoms with Crippen molar-refractivity contribution in [3.8, 4) is 0 Å². The molecule has 0 fully saturated rings. The normalized spacial score (nSPS) is 10.8. The van der Waals surface area contributed by atoms with Gasteiger partial charge in [-0.15, -0.1) is 0 Å². The zero-order chi connectivity index (χ0) is 11.2. The van der Waals surface area contributed by atoms with Crippen molar-refractivity contribution in [2.75, 3.05) is 0 Å². The summed E-state index contributed by atoms with van der Waals surface area (Å²) in [6.07, 6.45) is 1.67. The Kier molecular flexibility index (Phi) is 3.62. The molecule has 0 saturated heterocycles. The van der Waals surface area contributed by atoms with E-state index in [1.807, 2.05) is 36.4 Å². The highest BCUT2D eigenvalue weighted by molar-refractivity contribution is 7.99. The van der Waals surface area contributed by atoms with Crippen LogP contribution in [-0.2, 0) is 0 Å². The first kappa shape index (κ1) is 10.8. The molecular formula is C13H12N2S. The van der Waals surface area contributed by atoms with Gasteiger partial charge >= 0.3 is 0 Å². The van der Waals surface area contributed by atoms with E-state index in [1.54, 1.807) is 18.0 Å². The van der Waals surface area contributed by atoms with E-state index < -0.39 is 0 Å². The molecule has 0 atom stereocenters. The second-order valence-corrected chi connectivity index (χ2v) is 4.35. The minimum absolute atomic E-state index is 1.04. The first-order valence-corrected chi connectivity index (χ1v) is 5.77. The van der Waals surface area contributed by atoms with Crippen LogP contribution in [0.3, 0.4) is 0 Å². The number of hydrogen-bond donors (Lipinski definition) is 1. The highest BCUT2D eigenvalue weighted by atomic mass is 32.2. The molecule has 0 heterocycles. The Morgan fingerprint density at radius 1 is 0.938 bits per heavy atom. The lowest BCUT2D eigenvalue weighted by Gasteiger charge is -2.04. The van der Waals surface area contributed by atoms with Gasteiger partial charge in [0.1, 0.15) is 0 Å². The van der Waals surface area contributed by atoms with Crippen molar-refractivity contribution >= 4 is 18.0 Å². The lowest BCUT2D eigenvalue weighted by atomic mass is 10.2. The van der Waals surface area contributed by atoms with Gasteiger partial charge in [-0.3, -0.25) is 0 Å². The van der Waals surface area contributed by atoms with E-state index >= 15 is 0 Å². The Bertz CT molecular complexity index is 480. The smallest absolute Gasteiger partial charge is 0.0549 e. The molecule has 2 N–H and O–H groups in total. The van der Waals surface area contributed by atoms with Gasteiger partial charge in [0, 0.05) is 15.4 Å². The molecule has 0 aliphatic heterocycles. The van der Waals surface area contributed by atoms with Crippen LogP contribution in [0.2, 0.25) is 0 Å². The van der Waals surface area contributed by atoms with Gasteiger partial charge in [-0.25, -0.2) is 0 Å². The van der Waals surface area contributed by atoms with E-state index in [2.05, 4.69) is 23.3 Å². The number of hydrogen-bond acceptors (Lipinski definition) is 3. The summed E-state index contributed by atoms with van der Waals surface area (Å²) in [6, 6.07) is 18.3. The lowest BCUT2D eigenvalue weighted by molar-refractivity contribution is 1.25. The minimum atomic E-state index is 1.04. The van der Waals surface area contributed by atoms with Gasteiger partial charge in [-0.2, -0.15) is 5.10 Å². The Labute approximate surface area is 99.2 Å². The second kappa shape index (κ2) is 5.37. The molecule has 2 aromatic carbocycles. The van der Waals surface area contributed by atoms with Crippen LogP contribution in [0.4, 0.5) is 0 Å². The summed E-state index contributed by atoms with van der Waals surface area (Å²) in [5.74, 6) is 5.18. The maximum absolute atomic E-state index is 5.18. The Morgan fingerprint density at radius 2 is 1.62 bits per heavy atom. The van der Waals surface area contributed by atoms with Crippen molar-refractivity contribution in [3.63, 3.8) is 0 Å². The molecule has 2 rings (SSSR count). The van der Waals surface area contributed by atoms with Crippen LogP contribution >= 0.6 is 11.8 Å². The molecule has 3 heteroatoms. The Balaban J connectivity index is 2.28. The summed E-state index contributed by atoms with van der Waals surface area (Å²) in [7, 11) is 0. The first-order valence-electron chi connectivity index (χ1n) is 4.95. The minimum Gasteiger partial charge on any atom is -0.323 e. The third-order valence-corrected chi connectivity index (χ3v) is 3.20. The van der Waals surface area contributed by atoms with Crippen molar-refractivity contribution < 1.29 is 0 Å². The van der Waals surface area contributed by atoms with Crippen LogP contribution in [-0.4, -0.2) is 6.21 Å². The van der Waals surface area contributed by atoms with E-state index in [9.17, 15) is 0 Å². The number of rotatable bonds is 3. The van der Waals surface area contributed by atoms with E-state index in [4.69, 9.17) is 5.84 Å². The van der Waals surface area contributed by atoms with Gasteiger partial charge in [0.15, 0.2) is 0 Å². The summed E-state index contributed by atoms with van der Waals surface area (Å²) >= 11 is 1.71. The lowest BCUT2D eigenvalue weighted by Crippen LogP contribution is -1.88. The standard InChI is InChI=1S/C13H12N2S/c14-15-10-11-6-4-5-9-13(11)16-12-7-2-1-3-8-12/h1-10H,14H2. The number of hydrazone groups is 1. The summed E-state index contributed by atoms with van der Waals surface area (Å²) < 4.78 is 0. The fourth-order valence-corrected chi connectivity index (χ4v) is 2.31. The Hall–Kier alpha value is -1.74. The van der Waals surface area contributed by atoms with Gasteiger partial charge in [-0.05, 0) is 18.2 Å². The van der Waals surface area contributed by atoms with Crippen LogP contribution in [0.25, 0.3) is 0 Å². The van der Waals surface area contributed by atoms with Gasteiger partial charge < -0.3 is 5.84 Å². The molecule has 0 radical (unpaired) electrons. The molecule has 0 unspecified atom stereocenters. The first-order chi connectivity index (χ1) is 7.90. The molecule has 0 saturated carbocycles. The molecule has 0 aliphatic rings. The zero-order valence-electron chi connectivity index (χ0n) is 8.71. The average molecular weight is 228 g/mol. The monoisotopic (exact) mass is 228 g/mol. The van der Waals surface area contributed by atoms with Gasteiger partial charge in [0.25, 0.3) is 0 Å². The third kappa shape index (κ3) is 2.64. The summed E-state index contributed by atoms with van der Waals surface area (Å²) in [5, 5.41) is 3.57. The van der Waals surface area contributed by atoms with Gasteiger partial charge in [0.2, 0.25) is 0 Å². The SMILES string of the molecule is NN=Cc1ccccc1Sc1ccccc1. The highest BCUT2D eigenvalue weighted by Gasteiger charge is 2.01. The fourth-order valence-electron chi connectivity index (χ4n) is 1.38. The van der Waals surface area contributed by atoms with Crippen molar-refractivity contribution in [3.05, 3.63) is 60.2 Å². The molecule has 0 spiro atoms. The number of nitrogens with two attached hydrogens (primary N) is 1. The van der Waals surface area contributed by atoms with Crippen LogP contribution in [0, 0.1) is 0 Å². The maximum atomic E-state index is 5.18. The van der Waals surface area contributed by atoms with E-state index in [0.29, 0.717) is 0 Å². The van der Waals surface area contributed by atoms with Gasteiger partial charge in [-0.1, -0.05) is 48.2 Å². The van der Waals surface area contributed by atoms with Crippen molar-refractivity contribution in [1.82, 2.24) is 0 Å². The number of benzene rings is 2. The van der Waals surface area contributed by atoms with E-state index in [-0.39, 0.29) is 0 Å². The van der Waals surface area contributed by atoms with Crippen LogP contribution in [0.5, 0.6) is 0 Å². The van der Waals surface area contributed by atoms with E-state index in [0.717, 1.165) is 10.5 Å². The molecule has 2 aromatic rings. The predicted octanol–water partition coefficient (Wildman–Crippen LogP) is 3.13. The quantitative estimate of drug-likeness (QED) is 0.498. The van der Waals surface area contributed by atoms with Crippen molar-refractivity contribution in [1.29, 1.82) is 0 Å². The summed E-state index contributed by atoms with van der Waals surface area (Å²) in [5.41, 5.74) is 1.04. The third-order valence-electron chi connectivity index (χ3n) is 2.10. The molecular weight excluding hydrogens is 216 g/mol. The molecule has 2 nitrogen and oxygen atoms in total. The second-order valence-electron chi connectivity index (χ2n) is 3.23. The summed E-state index contributed by atoms with van der Waals surface area (Å²) in [4.78, 5) is 2.36. The van der Waals surface area contributed by atoms with Crippen molar-refractivity contribution in [2.24, 2.45) is 10.9 Å². The van der Waals surface area contributed by atoms with E-state index in [1.165, 1.54) is 4.90 Å². The Morgan fingerprint density at radius 3 is 2.38 bits per heavy atom. The predicted molar refractivity (Wildman–Crippen MR) is 68.8 cm³/mol. The zero-order valence-corrected chi connectivity index (χ0v) is 9.52. The summed E-state index contributed by atoms with van der Waals surface area (Å²) in [6.45, 7) is 0. The van der Waals surface area contributed by atoms with Crippen LogP contribution < -0.4 is 5.84 Å². The molecule has 16 heavy (non-hydrogen) atoms. The molecule has 80 valence electrons. The van der Waals surface area contributed by atoms with Crippen LogP contribution in [0.15, 0.2) is 69.5 Å². The number of nitrogens with zero attached hydrogens (tertiary/aromatic N) is 1. The largest absolute Gasteiger partial charge is 0.323 e. The van der Waals surface area contributed by atoms with Crippen LogP contribution in [0.1, 0.15) is 5.56 Å². The maximum Gasteiger partial charge on any atom is 0.0549 e. The van der Waals surface area contributed by atoms with Gasteiger partial charge in [0.05, 0.1) is 6.21 Å². The molecule has 0 aromatic heterocycles.